The Hall–Kier alpha value is -2.06. The van der Waals surface area contributed by atoms with Crippen molar-refractivity contribution in [3.63, 3.8) is 0 Å². The SMILES string of the molecule is CC(C)C(OC(=O)N(C)c1ccccc1)C(O)C#N. The summed E-state index contributed by atoms with van der Waals surface area (Å²) >= 11 is 0. The van der Waals surface area contributed by atoms with Crippen LogP contribution in [0.5, 0.6) is 0 Å². The first kappa shape index (κ1) is 15.0. The summed E-state index contributed by atoms with van der Waals surface area (Å²) in [4.78, 5) is 13.3. The Kier molecular flexibility index (Phi) is 5.34. The molecule has 5 heteroatoms. The van der Waals surface area contributed by atoms with Gasteiger partial charge in [0.25, 0.3) is 0 Å². The van der Waals surface area contributed by atoms with Gasteiger partial charge in [-0.3, -0.25) is 4.90 Å². The van der Waals surface area contributed by atoms with Gasteiger partial charge in [-0.15, -0.1) is 0 Å². The van der Waals surface area contributed by atoms with Crippen LogP contribution in [-0.4, -0.2) is 30.5 Å². The number of nitriles is 1. The average molecular weight is 262 g/mol. The van der Waals surface area contributed by atoms with Crippen molar-refractivity contribution in [3.05, 3.63) is 30.3 Å². The molecular weight excluding hydrogens is 244 g/mol. The molecule has 0 spiro atoms. The van der Waals surface area contributed by atoms with Gasteiger partial charge in [-0.1, -0.05) is 32.0 Å². The van der Waals surface area contributed by atoms with Crippen LogP contribution in [-0.2, 0) is 4.74 Å². The van der Waals surface area contributed by atoms with E-state index in [2.05, 4.69) is 0 Å². The average Bonchev–Trinajstić information content (AvgIpc) is 2.43. The van der Waals surface area contributed by atoms with Crippen molar-refractivity contribution in [2.24, 2.45) is 5.92 Å². The van der Waals surface area contributed by atoms with Crippen LogP contribution in [0, 0.1) is 17.2 Å². The Labute approximate surface area is 113 Å². The van der Waals surface area contributed by atoms with Crippen molar-refractivity contribution in [1.29, 1.82) is 5.26 Å². The van der Waals surface area contributed by atoms with Gasteiger partial charge in [0.1, 0.15) is 6.10 Å². The largest absolute Gasteiger partial charge is 0.442 e. The quantitative estimate of drug-likeness (QED) is 0.844. The normalized spacial score (nSPS) is 13.5. The van der Waals surface area contributed by atoms with E-state index in [1.54, 1.807) is 39.1 Å². The highest BCUT2D eigenvalue weighted by Crippen LogP contribution is 2.16. The molecule has 5 nitrogen and oxygen atoms in total. The molecule has 0 aliphatic heterocycles. The summed E-state index contributed by atoms with van der Waals surface area (Å²) in [6.07, 6.45) is -2.77. The first-order valence-corrected chi connectivity index (χ1v) is 6.04. The van der Waals surface area contributed by atoms with E-state index in [0.29, 0.717) is 5.69 Å². The predicted octanol–water partition coefficient (Wildman–Crippen LogP) is 2.17. The van der Waals surface area contributed by atoms with Crippen molar-refractivity contribution in [1.82, 2.24) is 0 Å². The summed E-state index contributed by atoms with van der Waals surface area (Å²) in [5, 5.41) is 18.3. The van der Waals surface area contributed by atoms with E-state index in [0.717, 1.165) is 0 Å². The standard InChI is InChI=1S/C14H18N2O3/c1-10(2)13(12(17)9-15)19-14(18)16(3)11-7-5-4-6-8-11/h4-8,10,12-13,17H,1-3H3. The highest BCUT2D eigenvalue weighted by molar-refractivity contribution is 5.87. The Morgan fingerprint density at radius 3 is 2.42 bits per heavy atom. The third-order valence-corrected chi connectivity index (χ3v) is 2.75. The number of aliphatic hydroxyl groups is 1. The van der Waals surface area contributed by atoms with Crippen LogP contribution in [0.15, 0.2) is 30.3 Å². The molecule has 19 heavy (non-hydrogen) atoms. The number of hydrogen-bond acceptors (Lipinski definition) is 4. The number of aliphatic hydroxyl groups excluding tert-OH is 1. The number of hydrogen-bond donors (Lipinski definition) is 1. The van der Waals surface area contributed by atoms with Crippen LogP contribution in [0.2, 0.25) is 0 Å². The van der Waals surface area contributed by atoms with Crippen LogP contribution in [0.3, 0.4) is 0 Å². The van der Waals surface area contributed by atoms with Gasteiger partial charge in [0, 0.05) is 12.7 Å². The van der Waals surface area contributed by atoms with E-state index in [1.807, 2.05) is 18.2 Å². The van der Waals surface area contributed by atoms with E-state index in [4.69, 9.17) is 10.00 Å². The minimum Gasteiger partial charge on any atom is -0.442 e. The van der Waals surface area contributed by atoms with Crippen molar-refractivity contribution < 1.29 is 14.6 Å². The molecule has 0 aliphatic rings. The van der Waals surface area contributed by atoms with Crippen molar-refractivity contribution >= 4 is 11.8 Å². The highest BCUT2D eigenvalue weighted by atomic mass is 16.6. The number of amides is 1. The molecule has 0 bridgehead atoms. The second-order valence-corrected chi connectivity index (χ2v) is 4.56. The molecule has 0 fully saturated rings. The molecule has 0 saturated carbocycles. The number of carbonyl (C=O) groups excluding carboxylic acids is 1. The van der Waals surface area contributed by atoms with Gasteiger partial charge >= 0.3 is 6.09 Å². The van der Waals surface area contributed by atoms with Crippen molar-refractivity contribution in [2.45, 2.75) is 26.1 Å². The second-order valence-electron chi connectivity index (χ2n) is 4.56. The van der Waals surface area contributed by atoms with Gasteiger partial charge in [0.05, 0.1) is 6.07 Å². The van der Waals surface area contributed by atoms with E-state index < -0.39 is 18.3 Å². The van der Waals surface area contributed by atoms with Gasteiger partial charge in [-0.2, -0.15) is 5.26 Å². The minimum absolute atomic E-state index is 0.150. The molecule has 0 heterocycles. The molecule has 0 saturated heterocycles. The van der Waals surface area contributed by atoms with Crippen molar-refractivity contribution in [2.75, 3.05) is 11.9 Å². The van der Waals surface area contributed by atoms with E-state index in [9.17, 15) is 9.90 Å². The first-order chi connectivity index (χ1) is 8.97. The van der Waals surface area contributed by atoms with Crippen LogP contribution < -0.4 is 4.90 Å². The number of para-hydroxylation sites is 1. The van der Waals surface area contributed by atoms with Gasteiger partial charge in [0.15, 0.2) is 6.10 Å². The zero-order valence-electron chi connectivity index (χ0n) is 11.3. The van der Waals surface area contributed by atoms with Crippen LogP contribution >= 0.6 is 0 Å². The van der Waals surface area contributed by atoms with Gasteiger partial charge in [-0.25, -0.2) is 4.79 Å². The summed E-state index contributed by atoms with van der Waals surface area (Å²) in [6, 6.07) is 10.7. The maximum atomic E-state index is 12.0. The van der Waals surface area contributed by atoms with Crippen molar-refractivity contribution in [3.8, 4) is 6.07 Å². The number of benzene rings is 1. The van der Waals surface area contributed by atoms with Gasteiger partial charge in [-0.05, 0) is 18.1 Å². The fourth-order valence-corrected chi connectivity index (χ4v) is 1.59. The fraction of sp³-hybridized carbons (Fsp3) is 0.429. The summed E-state index contributed by atoms with van der Waals surface area (Å²) in [7, 11) is 1.58. The Morgan fingerprint density at radius 1 is 1.37 bits per heavy atom. The summed E-state index contributed by atoms with van der Waals surface area (Å²) in [5.74, 6) is -0.150. The molecule has 1 aromatic carbocycles. The minimum atomic E-state index is -1.33. The summed E-state index contributed by atoms with van der Waals surface area (Å²) < 4.78 is 5.20. The highest BCUT2D eigenvalue weighted by Gasteiger charge is 2.28. The predicted molar refractivity (Wildman–Crippen MR) is 71.6 cm³/mol. The van der Waals surface area contributed by atoms with E-state index >= 15 is 0 Å². The lowest BCUT2D eigenvalue weighted by atomic mass is 10.0. The van der Waals surface area contributed by atoms with Crippen LogP contribution in [0.25, 0.3) is 0 Å². The maximum Gasteiger partial charge on any atom is 0.414 e. The number of nitrogens with zero attached hydrogens (tertiary/aromatic N) is 2. The lowest BCUT2D eigenvalue weighted by Gasteiger charge is -2.25. The number of anilines is 1. The molecule has 0 radical (unpaired) electrons. The molecule has 102 valence electrons. The third kappa shape index (κ3) is 3.97. The zero-order valence-corrected chi connectivity index (χ0v) is 11.3. The molecule has 1 N–H and O–H groups in total. The second kappa shape index (κ2) is 6.76. The van der Waals surface area contributed by atoms with Crippen LogP contribution in [0.4, 0.5) is 10.5 Å². The lowest BCUT2D eigenvalue weighted by molar-refractivity contribution is 0.00660. The molecule has 1 amide bonds. The van der Waals surface area contributed by atoms with Gasteiger partial charge in [0.2, 0.25) is 0 Å². The Morgan fingerprint density at radius 2 is 1.95 bits per heavy atom. The third-order valence-electron chi connectivity index (χ3n) is 2.75. The monoisotopic (exact) mass is 262 g/mol. The first-order valence-electron chi connectivity index (χ1n) is 6.04. The van der Waals surface area contributed by atoms with E-state index in [-0.39, 0.29) is 5.92 Å². The molecule has 1 rings (SSSR count). The molecule has 0 aliphatic carbocycles. The smallest absolute Gasteiger partial charge is 0.414 e. The molecular formula is C14H18N2O3. The van der Waals surface area contributed by atoms with Crippen LogP contribution in [0.1, 0.15) is 13.8 Å². The fourth-order valence-electron chi connectivity index (χ4n) is 1.59. The topological polar surface area (TPSA) is 73.6 Å². The summed E-state index contributed by atoms with van der Waals surface area (Å²) in [6.45, 7) is 3.56. The number of rotatable bonds is 4. The van der Waals surface area contributed by atoms with Gasteiger partial charge < -0.3 is 9.84 Å². The molecule has 2 atom stereocenters. The van der Waals surface area contributed by atoms with E-state index in [1.165, 1.54) is 4.90 Å². The number of ether oxygens (including phenoxy) is 1. The lowest BCUT2D eigenvalue weighted by Crippen LogP contribution is -2.39. The zero-order chi connectivity index (χ0) is 14.4. The molecule has 1 aromatic rings. The maximum absolute atomic E-state index is 12.0. The molecule has 2 unspecified atom stereocenters. The molecule has 0 aromatic heterocycles. The Bertz CT molecular complexity index is 454. The number of carbonyl (C=O) groups is 1. The Balaban J connectivity index is 2.76. The summed E-state index contributed by atoms with van der Waals surface area (Å²) in [5.41, 5.74) is 0.682.